The van der Waals surface area contributed by atoms with Crippen LogP contribution < -0.4 is 0 Å². The molecule has 0 unspecified atom stereocenters. The highest BCUT2D eigenvalue weighted by Gasteiger charge is 2.37. The molecular formula is C17H30N2O. The van der Waals surface area contributed by atoms with E-state index in [9.17, 15) is 4.79 Å². The van der Waals surface area contributed by atoms with Gasteiger partial charge in [-0.2, -0.15) is 0 Å². The van der Waals surface area contributed by atoms with E-state index in [1.807, 2.05) is 4.90 Å². The maximum absolute atomic E-state index is 10.8. The Morgan fingerprint density at radius 1 is 0.900 bits per heavy atom. The fourth-order valence-corrected chi connectivity index (χ4v) is 4.55. The Kier molecular flexibility index (Phi) is 4.65. The van der Waals surface area contributed by atoms with Gasteiger partial charge in [-0.25, -0.2) is 0 Å². The largest absolute Gasteiger partial charge is 0.345 e. The summed E-state index contributed by atoms with van der Waals surface area (Å²) in [6.07, 6.45) is 13.6. The van der Waals surface area contributed by atoms with Crippen LogP contribution in [0.25, 0.3) is 0 Å². The zero-order valence-electron chi connectivity index (χ0n) is 12.9. The van der Waals surface area contributed by atoms with Gasteiger partial charge in [0, 0.05) is 19.6 Å². The van der Waals surface area contributed by atoms with Crippen molar-refractivity contribution in [3.8, 4) is 0 Å². The first-order valence-corrected chi connectivity index (χ1v) is 8.71. The molecule has 1 saturated carbocycles. The topological polar surface area (TPSA) is 23.6 Å². The summed E-state index contributed by atoms with van der Waals surface area (Å²) in [5.41, 5.74) is 0.572. The van der Waals surface area contributed by atoms with Crippen LogP contribution >= 0.6 is 0 Å². The molecular weight excluding hydrogens is 248 g/mol. The van der Waals surface area contributed by atoms with Crippen LogP contribution in [0.1, 0.15) is 57.8 Å². The fourth-order valence-electron chi connectivity index (χ4n) is 4.55. The van der Waals surface area contributed by atoms with Crippen molar-refractivity contribution in [2.75, 3.05) is 32.7 Å². The number of piperidine rings is 2. The van der Waals surface area contributed by atoms with E-state index in [0.29, 0.717) is 5.41 Å². The highest BCUT2D eigenvalue weighted by Crippen LogP contribution is 2.41. The number of rotatable bonds is 3. The van der Waals surface area contributed by atoms with Crippen LogP contribution in [-0.4, -0.2) is 48.9 Å². The quantitative estimate of drug-likeness (QED) is 0.741. The molecule has 1 spiro atoms. The third-order valence-corrected chi connectivity index (χ3v) is 6.17. The number of likely N-dealkylation sites (tertiary alicyclic amines) is 2. The van der Waals surface area contributed by atoms with Gasteiger partial charge in [0.2, 0.25) is 6.41 Å². The van der Waals surface area contributed by atoms with Gasteiger partial charge in [0.05, 0.1) is 0 Å². The average molecular weight is 278 g/mol. The van der Waals surface area contributed by atoms with Gasteiger partial charge in [-0.15, -0.1) is 0 Å². The van der Waals surface area contributed by atoms with Gasteiger partial charge in [0.1, 0.15) is 0 Å². The molecule has 3 rings (SSSR count). The van der Waals surface area contributed by atoms with Crippen molar-refractivity contribution in [3.05, 3.63) is 0 Å². The van der Waals surface area contributed by atoms with Crippen molar-refractivity contribution >= 4 is 6.41 Å². The van der Waals surface area contributed by atoms with E-state index >= 15 is 0 Å². The van der Waals surface area contributed by atoms with E-state index in [1.165, 1.54) is 77.4 Å². The van der Waals surface area contributed by atoms with Crippen LogP contribution in [0.3, 0.4) is 0 Å². The molecule has 0 bridgehead atoms. The van der Waals surface area contributed by atoms with Gasteiger partial charge in [-0.3, -0.25) is 4.79 Å². The molecule has 114 valence electrons. The summed E-state index contributed by atoms with van der Waals surface area (Å²) in [7, 11) is 0. The maximum atomic E-state index is 10.8. The molecule has 1 aliphatic carbocycles. The van der Waals surface area contributed by atoms with Gasteiger partial charge in [0.25, 0.3) is 0 Å². The Bertz CT molecular complexity index is 307. The summed E-state index contributed by atoms with van der Waals surface area (Å²) in [6.45, 7) is 5.95. The second kappa shape index (κ2) is 6.46. The first kappa shape index (κ1) is 14.4. The number of carbonyl (C=O) groups excluding carboxylic acids is 1. The summed E-state index contributed by atoms with van der Waals surface area (Å²) >= 11 is 0. The molecule has 3 nitrogen and oxygen atoms in total. The number of hydrogen-bond donors (Lipinski definition) is 0. The lowest BCUT2D eigenvalue weighted by Crippen LogP contribution is -2.47. The standard InChI is InChI=1S/C17H30N2O/c20-15-19-12-8-17(9-13-19)6-10-18(11-7-17)14-16-4-2-1-3-5-16/h15-16H,1-14H2. The zero-order valence-corrected chi connectivity index (χ0v) is 12.9. The van der Waals surface area contributed by atoms with Crippen LogP contribution in [0.5, 0.6) is 0 Å². The molecule has 20 heavy (non-hydrogen) atoms. The Hall–Kier alpha value is -0.570. The van der Waals surface area contributed by atoms with Crippen LogP contribution in [0.15, 0.2) is 0 Å². The van der Waals surface area contributed by atoms with Gasteiger partial charge in [-0.1, -0.05) is 19.3 Å². The smallest absolute Gasteiger partial charge is 0.209 e. The minimum absolute atomic E-state index is 0.572. The normalized spacial score (nSPS) is 28.7. The lowest BCUT2D eigenvalue weighted by atomic mass is 9.71. The number of nitrogens with zero attached hydrogens (tertiary/aromatic N) is 2. The number of amides is 1. The summed E-state index contributed by atoms with van der Waals surface area (Å²) in [5.74, 6) is 0.981. The molecule has 3 aliphatic rings. The SMILES string of the molecule is O=CN1CCC2(CC1)CCN(CC1CCCCC1)CC2. The van der Waals surface area contributed by atoms with Crippen LogP contribution in [0.4, 0.5) is 0 Å². The van der Waals surface area contributed by atoms with E-state index in [4.69, 9.17) is 0 Å². The van der Waals surface area contributed by atoms with E-state index in [-0.39, 0.29) is 0 Å². The summed E-state index contributed by atoms with van der Waals surface area (Å²) < 4.78 is 0. The molecule has 3 heteroatoms. The zero-order chi connectivity index (χ0) is 13.8. The molecule has 2 heterocycles. The third-order valence-electron chi connectivity index (χ3n) is 6.17. The molecule has 2 saturated heterocycles. The van der Waals surface area contributed by atoms with Gasteiger partial charge in [0.15, 0.2) is 0 Å². The first-order chi connectivity index (χ1) is 9.80. The molecule has 0 radical (unpaired) electrons. The van der Waals surface area contributed by atoms with E-state index in [2.05, 4.69) is 4.90 Å². The van der Waals surface area contributed by atoms with Crippen LogP contribution in [-0.2, 0) is 4.79 Å². The second-order valence-corrected chi connectivity index (χ2v) is 7.45. The Morgan fingerprint density at radius 3 is 2.10 bits per heavy atom. The number of carbonyl (C=O) groups is 1. The summed E-state index contributed by atoms with van der Waals surface area (Å²) in [5, 5.41) is 0. The Labute approximate surface area is 123 Å². The van der Waals surface area contributed by atoms with Crippen LogP contribution in [0.2, 0.25) is 0 Å². The van der Waals surface area contributed by atoms with Crippen molar-refractivity contribution in [2.45, 2.75) is 57.8 Å². The lowest BCUT2D eigenvalue weighted by molar-refractivity contribution is -0.120. The predicted octanol–water partition coefficient (Wildman–Crippen LogP) is 2.90. The minimum Gasteiger partial charge on any atom is -0.345 e. The second-order valence-electron chi connectivity index (χ2n) is 7.45. The lowest BCUT2D eigenvalue weighted by Gasteiger charge is -2.47. The average Bonchev–Trinajstić information content (AvgIpc) is 2.52. The maximum Gasteiger partial charge on any atom is 0.209 e. The molecule has 1 amide bonds. The monoisotopic (exact) mass is 278 g/mol. The molecule has 0 aromatic heterocycles. The van der Waals surface area contributed by atoms with Gasteiger partial charge < -0.3 is 9.80 Å². The Balaban J connectivity index is 1.43. The van der Waals surface area contributed by atoms with Crippen molar-refractivity contribution in [2.24, 2.45) is 11.3 Å². The van der Waals surface area contributed by atoms with Crippen LogP contribution in [0, 0.1) is 11.3 Å². The van der Waals surface area contributed by atoms with Crippen molar-refractivity contribution < 1.29 is 4.79 Å². The highest BCUT2D eigenvalue weighted by molar-refractivity contribution is 5.47. The summed E-state index contributed by atoms with van der Waals surface area (Å²) in [4.78, 5) is 15.5. The molecule has 0 atom stereocenters. The predicted molar refractivity (Wildman–Crippen MR) is 81.6 cm³/mol. The van der Waals surface area contributed by atoms with E-state index in [0.717, 1.165) is 25.4 Å². The highest BCUT2D eigenvalue weighted by atomic mass is 16.1. The first-order valence-electron chi connectivity index (χ1n) is 8.71. The minimum atomic E-state index is 0.572. The molecule has 0 aromatic rings. The van der Waals surface area contributed by atoms with Crippen molar-refractivity contribution in [3.63, 3.8) is 0 Å². The van der Waals surface area contributed by atoms with E-state index in [1.54, 1.807) is 0 Å². The summed E-state index contributed by atoms with van der Waals surface area (Å²) in [6, 6.07) is 0. The molecule has 3 fully saturated rings. The number of hydrogen-bond acceptors (Lipinski definition) is 2. The Morgan fingerprint density at radius 2 is 1.50 bits per heavy atom. The third kappa shape index (κ3) is 3.36. The van der Waals surface area contributed by atoms with E-state index < -0.39 is 0 Å². The molecule has 0 aromatic carbocycles. The molecule has 2 aliphatic heterocycles. The molecule has 0 N–H and O–H groups in total. The fraction of sp³-hybridized carbons (Fsp3) is 0.941. The van der Waals surface area contributed by atoms with Crippen molar-refractivity contribution in [1.82, 2.24) is 9.80 Å². The van der Waals surface area contributed by atoms with Crippen molar-refractivity contribution in [1.29, 1.82) is 0 Å². The van der Waals surface area contributed by atoms with Gasteiger partial charge >= 0.3 is 0 Å². The van der Waals surface area contributed by atoms with Gasteiger partial charge in [-0.05, 0) is 62.9 Å².